The zero-order chi connectivity index (χ0) is 7.40. The van der Waals surface area contributed by atoms with Crippen molar-refractivity contribution in [2.75, 3.05) is 0 Å². The highest BCUT2D eigenvalue weighted by Crippen LogP contribution is 2.13. The van der Waals surface area contributed by atoms with Crippen molar-refractivity contribution in [3.63, 3.8) is 0 Å². The predicted molar refractivity (Wildman–Crippen MR) is 42.6 cm³/mol. The van der Waals surface area contributed by atoms with E-state index in [1.807, 2.05) is 37.3 Å². The zero-order valence-electron chi connectivity index (χ0n) is 6.17. The van der Waals surface area contributed by atoms with Crippen molar-refractivity contribution in [2.45, 2.75) is 19.4 Å². The average Bonchev–Trinajstić information content (AvgIpc) is 2.05. The number of hydrogen-bond donors (Lipinski definition) is 0. The molecule has 0 unspecified atom stereocenters. The molecule has 10 heavy (non-hydrogen) atoms. The van der Waals surface area contributed by atoms with E-state index < -0.39 is 0 Å². The van der Waals surface area contributed by atoms with Crippen molar-refractivity contribution in [1.82, 2.24) is 5.73 Å². The number of benzene rings is 1. The van der Waals surface area contributed by atoms with Crippen LogP contribution in [0.15, 0.2) is 30.3 Å². The monoisotopic (exact) mass is 134 g/mol. The summed E-state index contributed by atoms with van der Waals surface area (Å²) in [6.07, 6.45) is 0.893. The van der Waals surface area contributed by atoms with Gasteiger partial charge in [-0.1, -0.05) is 37.3 Å². The van der Waals surface area contributed by atoms with Gasteiger partial charge in [0.2, 0.25) is 0 Å². The molecular weight excluding hydrogens is 122 g/mol. The average molecular weight is 134 g/mol. The molecule has 0 amide bonds. The molecule has 0 bridgehead atoms. The summed E-state index contributed by atoms with van der Waals surface area (Å²) in [5, 5.41) is 0. The molecule has 1 heteroatoms. The lowest BCUT2D eigenvalue weighted by Crippen LogP contribution is -1.95. The Labute approximate surface area is 61.9 Å². The van der Waals surface area contributed by atoms with Crippen LogP contribution in [0, 0.1) is 0 Å². The van der Waals surface area contributed by atoms with E-state index in [1.165, 1.54) is 0 Å². The molecule has 1 atom stereocenters. The highest BCUT2D eigenvalue weighted by molar-refractivity contribution is 5.17. The lowest BCUT2D eigenvalue weighted by atomic mass is 10.1. The van der Waals surface area contributed by atoms with E-state index in [-0.39, 0.29) is 6.04 Å². The Morgan fingerprint density at radius 3 is 2.40 bits per heavy atom. The quantitative estimate of drug-likeness (QED) is 0.593. The number of rotatable bonds is 2. The third-order valence-corrected chi connectivity index (χ3v) is 1.61. The summed E-state index contributed by atoms with van der Waals surface area (Å²) in [7, 11) is 0. The zero-order valence-corrected chi connectivity index (χ0v) is 6.17. The van der Waals surface area contributed by atoms with Gasteiger partial charge in [0.1, 0.15) is 0 Å². The molecule has 1 nitrogen and oxygen atoms in total. The van der Waals surface area contributed by atoms with Crippen LogP contribution < -0.4 is 5.73 Å². The normalized spacial score (nSPS) is 13.0. The first-order valence-electron chi connectivity index (χ1n) is 3.60. The molecule has 53 valence electrons. The van der Waals surface area contributed by atoms with Gasteiger partial charge in [-0.05, 0) is 12.0 Å². The highest BCUT2D eigenvalue weighted by atomic mass is 14.6. The Bertz CT molecular complexity index is 181. The van der Waals surface area contributed by atoms with Crippen molar-refractivity contribution >= 4 is 0 Å². The van der Waals surface area contributed by atoms with Crippen molar-refractivity contribution in [3.05, 3.63) is 35.9 Å². The summed E-state index contributed by atoms with van der Waals surface area (Å²) in [6.45, 7) is 2.03. The summed E-state index contributed by atoms with van der Waals surface area (Å²) in [5.74, 6) is 0. The van der Waals surface area contributed by atoms with Crippen LogP contribution in [0.3, 0.4) is 0 Å². The first-order chi connectivity index (χ1) is 4.84. The second-order valence-corrected chi connectivity index (χ2v) is 2.37. The first kappa shape index (κ1) is 7.29. The number of hydrogen-bond acceptors (Lipinski definition) is 0. The largest absolute Gasteiger partial charge is 0.250 e. The fourth-order valence-corrected chi connectivity index (χ4v) is 0.921. The Hall–Kier alpha value is -0.820. The van der Waals surface area contributed by atoms with Crippen molar-refractivity contribution in [2.24, 2.45) is 0 Å². The van der Waals surface area contributed by atoms with Gasteiger partial charge in [0.25, 0.3) is 0 Å². The van der Waals surface area contributed by atoms with Crippen LogP contribution in [0.4, 0.5) is 0 Å². The molecule has 0 heterocycles. The van der Waals surface area contributed by atoms with Gasteiger partial charge in [0.15, 0.2) is 0 Å². The molecule has 0 aromatic heterocycles. The molecule has 1 N–H and O–H groups in total. The standard InChI is InChI=1S/C9H12N/c1-2-9(10)8-6-4-3-5-7-8/h3-7,9-10H,2H2,1H3/t9-/m0/s1. The van der Waals surface area contributed by atoms with Crippen molar-refractivity contribution in [1.29, 1.82) is 0 Å². The van der Waals surface area contributed by atoms with Crippen LogP contribution in [0.2, 0.25) is 0 Å². The second kappa shape index (κ2) is 3.37. The maximum Gasteiger partial charge on any atom is 0.0460 e. The molecule has 1 rings (SSSR count). The minimum atomic E-state index is -0.0406. The predicted octanol–water partition coefficient (Wildman–Crippen LogP) is 2.42. The molecule has 0 saturated carbocycles. The summed E-state index contributed by atoms with van der Waals surface area (Å²) >= 11 is 0. The van der Waals surface area contributed by atoms with E-state index in [0.29, 0.717) is 0 Å². The van der Waals surface area contributed by atoms with E-state index in [0.717, 1.165) is 12.0 Å². The maximum atomic E-state index is 7.56. The SMILES string of the molecule is CC[C@H]([NH])c1ccccc1. The highest BCUT2D eigenvalue weighted by Gasteiger charge is 2.00. The van der Waals surface area contributed by atoms with Gasteiger partial charge >= 0.3 is 0 Å². The van der Waals surface area contributed by atoms with E-state index >= 15 is 0 Å². The van der Waals surface area contributed by atoms with Crippen LogP contribution in [0.5, 0.6) is 0 Å². The van der Waals surface area contributed by atoms with Gasteiger partial charge < -0.3 is 0 Å². The number of nitrogens with one attached hydrogen (secondary N) is 1. The molecule has 1 aromatic carbocycles. The molecule has 1 aromatic rings. The van der Waals surface area contributed by atoms with E-state index in [4.69, 9.17) is 5.73 Å². The Balaban J connectivity index is 2.75. The van der Waals surface area contributed by atoms with E-state index in [2.05, 4.69) is 0 Å². The smallest absolute Gasteiger partial charge is 0.0460 e. The molecule has 0 aliphatic rings. The lowest BCUT2D eigenvalue weighted by Gasteiger charge is -2.05. The molecular formula is C9H12N. The van der Waals surface area contributed by atoms with Gasteiger partial charge in [-0.2, -0.15) is 0 Å². The van der Waals surface area contributed by atoms with Gasteiger partial charge in [-0.15, -0.1) is 0 Å². The Morgan fingerprint density at radius 2 is 1.90 bits per heavy atom. The van der Waals surface area contributed by atoms with E-state index in [9.17, 15) is 0 Å². The summed E-state index contributed by atoms with van der Waals surface area (Å²) in [5.41, 5.74) is 8.68. The second-order valence-electron chi connectivity index (χ2n) is 2.37. The molecule has 0 aliphatic heterocycles. The van der Waals surface area contributed by atoms with Crippen LogP contribution in [-0.2, 0) is 0 Å². The minimum Gasteiger partial charge on any atom is -0.250 e. The van der Waals surface area contributed by atoms with Crippen molar-refractivity contribution < 1.29 is 0 Å². The molecule has 0 saturated heterocycles. The summed E-state index contributed by atoms with van der Waals surface area (Å²) < 4.78 is 0. The fourth-order valence-electron chi connectivity index (χ4n) is 0.921. The Kier molecular flexibility index (Phi) is 2.46. The summed E-state index contributed by atoms with van der Waals surface area (Å²) in [4.78, 5) is 0. The van der Waals surface area contributed by atoms with Crippen LogP contribution >= 0.6 is 0 Å². The molecule has 0 aliphatic carbocycles. The summed E-state index contributed by atoms with van der Waals surface area (Å²) in [6, 6.07) is 9.90. The minimum absolute atomic E-state index is 0.0406. The maximum absolute atomic E-state index is 7.56. The first-order valence-corrected chi connectivity index (χ1v) is 3.60. The van der Waals surface area contributed by atoms with Gasteiger partial charge in [0.05, 0.1) is 0 Å². The Morgan fingerprint density at radius 1 is 1.30 bits per heavy atom. The van der Waals surface area contributed by atoms with Crippen LogP contribution in [0.1, 0.15) is 24.9 Å². The third-order valence-electron chi connectivity index (χ3n) is 1.61. The van der Waals surface area contributed by atoms with E-state index in [1.54, 1.807) is 0 Å². The van der Waals surface area contributed by atoms with Crippen molar-refractivity contribution in [3.8, 4) is 0 Å². The van der Waals surface area contributed by atoms with Crippen LogP contribution in [-0.4, -0.2) is 0 Å². The molecule has 0 fully saturated rings. The van der Waals surface area contributed by atoms with Gasteiger partial charge in [-0.3, -0.25) is 0 Å². The molecule has 1 radical (unpaired) electrons. The fraction of sp³-hybridized carbons (Fsp3) is 0.333. The third kappa shape index (κ3) is 1.58. The topological polar surface area (TPSA) is 23.8 Å². The molecule has 0 spiro atoms. The van der Waals surface area contributed by atoms with Crippen LogP contribution in [0.25, 0.3) is 0 Å². The van der Waals surface area contributed by atoms with Gasteiger partial charge in [-0.25, -0.2) is 5.73 Å². The lowest BCUT2D eigenvalue weighted by molar-refractivity contribution is 0.676. The van der Waals surface area contributed by atoms with Gasteiger partial charge in [0, 0.05) is 6.04 Å².